The molecule has 0 bridgehead atoms. The summed E-state index contributed by atoms with van der Waals surface area (Å²) in [4.78, 5) is 4.29. The van der Waals surface area contributed by atoms with Crippen LogP contribution in [0, 0.1) is 6.92 Å². The highest BCUT2D eigenvalue weighted by Gasteiger charge is 2.00. The summed E-state index contributed by atoms with van der Waals surface area (Å²) >= 11 is 1.68. The van der Waals surface area contributed by atoms with Gasteiger partial charge in [-0.25, -0.2) is 4.98 Å². The Morgan fingerprint density at radius 1 is 1.80 bits per heavy atom. The second-order valence-electron chi connectivity index (χ2n) is 2.54. The van der Waals surface area contributed by atoms with Crippen LogP contribution in [0.25, 0.3) is 0 Å². The van der Waals surface area contributed by atoms with E-state index >= 15 is 0 Å². The topological polar surface area (TPSA) is 38.9 Å². The van der Waals surface area contributed by atoms with E-state index in [-0.39, 0.29) is 6.04 Å². The molecular weight excluding hydrogens is 144 g/mol. The Labute approximate surface area is 65.1 Å². The molecule has 0 aliphatic carbocycles. The van der Waals surface area contributed by atoms with Crippen molar-refractivity contribution in [2.75, 3.05) is 0 Å². The molecule has 2 nitrogen and oxygen atoms in total. The predicted octanol–water partition coefficient (Wildman–Crippen LogP) is 1.34. The summed E-state index contributed by atoms with van der Waals surface area (Å²) < 4.78 is 0. The van der Waals surface area contributed by atoms with Crippen molar-refractivity contribution in [2.45, 2.75) is 26.3 Å². The molecule has 0 radical (unpaired) electrons. The van der Waals surface area contributed by atoms with Crippen molar-refractivity contribution in [1.82, 2.24) is 4.98 Å². The average Bonchev–Trinajstić information content (AvgIpc) is 2.13. The Morgan fingerprint density at radius 2 is 2.50 bits per heavy atom. The van der Waals surface area contributed by atoms with E-state index in [4.69, 9.17) is 5.73 Å². The Hall–Kier alpha value is -0.410. The molecule has 0 fully saturated rings. The molecule has 1 aromatic rings. The van der Waals surface area contributed by atoms with E-state index in [0.29, 0.717) is 0 Å². The van der Waals surface area contributed by atoms with Crippen molar-refractivity contribution in [3.63, 3.8) is 0 Å². The number of rotatable bonds is 2. The van der Waals surface area contributed by atoms with Crippen molar-refractivity contribution in [2.24, 2.45) is 5.73 Å². The van der Waals surface area contributed by atoms with E-state index in [1.807, 2.05) is 13.8 Å². The van der Waals surface area contributed by atoms with Crippen molar-refractivity contribution in [1.29, 1.82) is 0 Å². The summed E-state index contributed by atoms with van der Waals surface area (Å²) in [6.07, 6.45) is 0.893. The molecule has 1 aromatic heterocycles. The zero-order valence-corrected chi connectivity index (χ0v) is 7.11. The first-order valence-electron chi connectivity index (χ1n) is 3.35. The van der Waals surface area contributed by atoms with Crippen LogP contribution in [0.4, 0.5) is 0 Å². The van der Waals surface area contributed by atoms with Crippen LogP contribution < -0.4 is 5.73 Å². The van der Waals surface area contributed by atoms with Gasteiger partial charge in [0.25, 0.3) is 0 Å². The second-order valence-corrected chi connectivity index (χ2v) is 3.60. The standard InChI is InChI=1S/C7H12N2S/c1-5(8)3-7-4-10-6(2)9-7/h4-5H,3,8H2,1-2H3/t5-/m0/s1. The zero-order valence-electron chi connectivity index (χ0n) is 6.29. The number of hydrogen-bond donors (Lipinski definition) is 1. The van der Waals surface area contributed by atoms with Gasteiger partial charge in [0.15, 0.2) is 0 Å². The van der Waals surface area contributed by atoms with Gasteiger partial charge in [-0.05, 0) is 13.8 Å². The number of nitrogens with two attached hydrogens (primary N) is 1. The smallest absolute Gasteiger partial charge is 0.0897 e. The third kappa shape index (κ3) is 2.08. The minimum absolute atomic E-state index is 0.224. The van der Waals surface area contributed by atoms with Crippen molar-refractivity contribution < 1.29 is 0 Å². The molecule has 0 aromatic carbocycles. The minimum Gasteiger partial charge on any atom is -0.328 e. The van der Waals surface area contributed by atoms with Crippen LogP contribution in [0.2, 0.25) is 0 Å². The molecule has 0 saturated carbocycles. The Morgan fingerprint density at radius 3 is 2.90 bits per heavy atom. The van der Waals surface area contributed by atoms with Crippen molar-refractivity contribution in [3.8, 4) is 0 Å². The summed E-state index contributed by atoms with van der Waals surface area (Å²) in [7, 11) is 0. The zero-order chi connectivity index (χ0) is 7.56. The van der Waals surface area contributed by atoms with Gasteiger partial charge in [0.1, 0.15) is 0 Å². The SMILES string of the molecule is Cc1nc(C[C@H](C)N)cs1. The van der Waals surface area contributed by atoms with Gasteiger partial charge in [0.2, 0.25) is 0 Å². The molecule has 0 aliphatic heterocycles. The fraction of sp³-hybridized carbons (Fsp3) is 0.571. The molecule has 0 unspecified atom stereocenters. The van der Waals surface area contributed by atoms with Gasteiger partial charge in [-0.15, -0.1) is 11.3 Å². The molecular formula is C7H12N2S. The van der Waals surface area contributed by atoms with E-state index in [0.717, 1.165) is 17.1 Å². The van der Waals surface area contributed by atoms with E-state index in [1.54, 1.807) is 11.3 Å². The molecule has 0 saturated heterocycles. The first kappa shape index (κ1) is 7.69. The molecule has 3 heteroatoms. The van der Waals surface area contributed by atoms with Gasteiger partial charge in [0, 0.05) is 17.8 Å². The Balaban J connectivity index is 2.58. The van der Waals surface area contributed by atoms with Crippen LogP contribution in [0.1, 0.15) is 17.6 Å². The van der Waals surface area contributed by atoms with Crippen LogP contribution in [-0.4, -0.2) is 11.0 Å². The highest BCUT2D eigenvalue weighted by Crippen LogP contribution is 2.08. The third-order valence-electron chi connectivity index (χ3n) is 1.20. The molecule has 56 valence electrons. The summed E-state index contributed by atoms with van der Waals surface area (Å²) in [5.41, 5.74) is 6.72. The van der Waals surface area contributed by atoms with Gasteiger partial charge < -0.3 is 5.73 Å². The van der Waals surface area contributed by atoms with E-state index in [1.165, 1.54) is 0 Å². The van der Waals surface area contributed by atoms with Crippen LogP contribution in [0.3, 0.4) is 0 Å². The molecule has 1 rings (SSSR count). The first-order chi connectivity index (χ1) is 4.68. The summed E-state index contributed by atoms with van der Waals surface area (Å²) in [5, 5.41) is 3.19. The van der Waals surface area contributed by atoms with Gasteiger partial charge in [0.05, 0.1) is 10.7 Å². The average molecular weight is 156 g/mol. The lowest BCUT2D eigenvalue weighted by Gasteiger charge is -1.98. The maximum absolute atomic E-state index is 5.60. The lowest BCUT2D eigenvalue weighted by atomic mass is 10.2. The number of nitrogens with zero attached hydrogens (tertiary/aromatic N) is 1. The number of hydrogen-bond acceptors (Lipinski definition) is 3. The van der Waals surface area contributed by atoms with E-state index < -0.39 is 0 Å². The summed E-state index contributed by atoms with van der Waals surface area (Å²) in [5.74, 6) is 0. The van der Waals surface area contributed by atoms with Gasteiger partial charge in [-0.1, -0.05) is 0 Å². The highest BCUT2D eigenvalue weighted by atomic mass is 32.1. The number of aryl methyl sites for hydroxylation is 1. The maximum atomic E-state index is 5.60. The van der Waals surface area contributed by atoms with Gasteiger partial charge in [-0.2, -0.15) is 0 Å². The second kappa shape index (κ2) is 3.12. The van der Waals surface area contributed by atoms with Gasteiger partial charge in [-0.3, -0.25) is 0 Å². The first-order valence-corrected chi connectivity index (χ1v) is 4.23. The molecule has 2 N–H and O–H groups in total. The largest absolute Gasteiger partial charge is 0.328 e. The molecule has 10 heavy (non-hydrogen) atoms. The normalized spacial score (nSPS) is 13.5. The lowest BCUT2D eigenvalue weighted by molar-refractivity contribution is 0.724. The minimum atomic E-state index is 0.224. The lowest BCUT2D eigenvalue weighted by Crippen LogP contribution is -2.17. The van der Waals surface area contributed by atoms with Crippen LogP contribution in [-0.2, 0) is 6.42 Å². The fourth-order valence-corrected chi connectivity index (χ4v) is 1.46. The monoisotopic (exact) mass is 156 g/mol. The summed E-state index contributed by atoms with van der Waals surface area (Å²) in [6.45, 7) is 4.00. The predicted molar refractivity (Wildman–Crippen MR) is 44.2 cm³/mol. The summed E-state index contributed by atoms with van der Waals surface area (Å²) in [6, 6.07) is 0.224. The molecule has 1 atom stereocenters. The van der Waals surface area contributed by atoms with Crippen LogP contribution in [0.5, 0.6) is 0 Å². The van der Waals surface area contributed by atoms with Crippen molar-refractivity contribution in [3.05, 3.63) is 16.1 Å². The maximum Gasteiger partial charge on any atom is 0.0897 e. The fourth-order valence-electron chi connectivity index (χ4n) is 0.832. The number of aromatic nitrogens is 1. The van der Waals surface area contributed by atoms with E-state index in [9.17, 15) is 0 Å². The molecule has 0 spiro atoms. The third-order valence-corrected chi connectivity index (χ3v) is 2.02. The van der Waals surface area contributed by atoms with E-state index in [2.05, 4.69) is 10.4 Å². The van der Waals surface area contributed by atoms with Crippen molar-refractivity contribution >= 4 is 11.3 Å². The van der Waals surface area contributed by atoms with Crippen LogP contribution >= 0.6 is 11.3 Å². The Bertz CT molecular complexity index is 205. The quantitative estimate of drug-likeness (QED) is 0.701. The molecule has 1 heterocycles. The number of thiazole rings is 1. The molecule has 0 aliphatic rings. The van der Waals surface area contributed by atoms with Crippen LogP contribution in [0.15, 0.2) is 5.38 Å². The Kier molecular flexibility index (Phi) is 2.40. The van der Waals surface area contributed by atoms with Gasteiger partial charge >= 0.3 is 0 Å². The highest BCUT2D eigenvalue weighted by molar-refractivity contribution is 7.09. The molecule has 0 amide bonds.